The Kier molecular flexibility index (Phi) is 7.82. The summed E-state index contributed by atoms with van der Waals surface area (Å²) in [4.78, 5) is 7.30. The molecule has 4 nitrogen and oxygen atoms in total. The van der Waals surface area contributed by atoms with Gasteiger partial charge in [0.05, 0.1) is 0 Å². The van der Waals surface area contributed by atoms with Crippen molar-refractivity contribution in [2.45, 2.75) is 32.7 Å². The first kappa shape index (κ1) is 33.7. The Labute approximate surface area is 336 Å². The average Bonchev–Trinajstić information content (AvgIpc) is 3.24. The molecule has 0 saturated heterocycles. The Hall–Kier alpha value is -6.65. The van der Waals surface area contributed by atoms with Crippen LogP contribution >= 0.6 is 0 Å². The highest BCUT2D eigenvalue weighted by molar-refractivity contribution is 6.91. The number of para-hydroxylation sites is 3. The van der Waals surface area contributed by atoms with Crippen LogP contribution in [0.25, 0.3) is 0 Å². The second-order valence-corrected chi connectivity index (χ2v) is 15.7. The van der Waals surface area contributed by atoms with Gasteiger partial charge in [0.1, 0.15) is 11.9 Å². The minimum Gasteiger partial charge on any atom is -0.487 e. The third kappa shape index (κ3) is 5.31. The van der Waals surface area contributed by atoms with Crippen molar-refractivity contribution >= 4 is 75.9 Å². The van der Waals surface area contributed by atoms with Crippen LogP contribution in [0.15, 0.2) is 193 Å². The predicted octanol–water partition coefficient (Wildman–Crippen LogP) is 10.6. The van der Waals surface area contributed by atoms with Crippen molar-refractivity contribution in [1.29, 1.82) is 0 Å². The molecule has 57 heavy (non-hydrogen) atoms. The fourth-order valence-electron chi connectivity index (χ4n) is 9.83. The number of ether oxygens (including phenoxy) is 1. The SMILES string of the molecule is CC1=C2[B]c3c(cccc3N(c3ccccc3)c3cccc(C)c3)N(c3ccccc3)C2=CC2Oc3cccc4c3B(c3ccccc3N4c3cccc(C)c3)C12. The maximum absolute atomic E-state index is 7.20. The van der Waals surface area contributed by atoms with Crippen molar-refractivity contribution < 1.29 is 4.74 Å². The van der Waals surface area contributed by atoms with Gasteiger partial charge < -0.3 is 19.4 Å². The van der Waals surface area contributed by atoms with Gasteiger partial charge in [-0.1, -0.05) is 102 Å². The van der Waals surface area contributed by atoms with E-state index in [1.165, 1.54) is 49.9 Å². The maximum Gasteiger partial charge on any atom is 0.230 e. The van der Waals surface area contributed by atoms with Gasteiger partial charge in [0.25, 0.3) is 0 Å². The summed E-state index contributed by atoms with van der Waals surface area (Å²) in [5, 5.41) is 0. The summed E-state index contributed by atoms with van der Waals surface area (Å²) >= 11 is 0. The van der Waals surface area contributed by atoms with Crippen LogP contribution in [0.3, 0.4) is 0 Å². The smallest absolute Gasteiger partial charge is 0.230 e. The summed E-state index contributed by atoms with van der Waals surface area (Å²) in [5.41, 5.74) is 19.2. The molecule has 0 N–H and O–H groups in total. The van der Waals surface area contributed by atoms with E-state index in [0.29, 0.717) is 0 Å². The summed E-state index contributed by atoms with van der Waals surface area (Å²) in [6, 6.07) is 61.5. The molecular formula is C51H40B2N3O. The number of nitrogens with zero attached hydrogens (tertiary/aromatic N) is 3. The Bertz CT molecular complexity index is 2780. The van der Waals surface area contributed by atoms with Crippen LogP contribution in [0, 0.1) is 13.8 Å². The molecule has 0 aromatic heterocycles. The molecule has 2 unspecified atom stereocenters. The van der Waals surface area contributed by atoms with E-state index >= 15 is 0 Å². The first-order chi connectivity index (χ1) is 28.0. The van der Waals surface area contributed by atoms with Crippen molar-refractivity contribution in [3.63, 3.8) is 0 Å². The Morgan fingerprint density at radius 3 is 2.04 bits per heavy atom. The highest BCUT2D eigenvalue weighted by Crippen LogP contribution is 2.50. The number of benzene rings is 7. The number of fused-ring (bicyclic) bond motifs is 6. The van der Waals surface area contributed by atoms with Gasteiger partial charge in [0.15, 0.2) is 7.28 Å². The zero-order valence-corrected chi connectivity index (χ0v) is 32.3. The lowest BCUT2D eigenvalue weighted by molar-refractivity contribution is 0.242. The summed E-state index contributed by atoms with van der Waals surface area (Å²) in [5.74, 6) is 1.05. The van der Waals surface area contributed by atoms with Gasteiger partial charge in [-0.3, -0.25) is 0 Å². The number of rotatable bonds is 5. The molecule has 0 spiro atoms. The van der Waals surface area contributed by atoms with Crippen LogP contribution in [-0.4, -0.2) is 20.1 Å². The quantitative estimate of drug-likeness (QED) is 0.164. The van der Waals surface area contributed by atoms with Gasteiger partial charge in [-0.15, -0.1) is 0 Å². The van der Waals surface area contributed by atoms with Crippen LogP contribution in [-0.2, 0) is 0 Å². The second kappa shape index (κ2) is 13.2. The largest absolute Gasteiger partial charge is 0.487 e. The number of anilines is 8. The third-order valence-corrected chi connectivity index (χ3v) is 12.2. The molecule has 6 heteroatoms. The van der Waals surface area contributed by atoms with Crippen molar-refractivity contribution in [1.82, 2.24) is 0 Å². The van der Waals surface area contributed by atoms with Crippen LogP contribution < -0.4 is 35.8 Å². The fraction of sp³-hybridized carbons (Fsp3) is 0.0980. The summed E-state index contributed by atoms with van der Waals surface area (Å²) < 4.78 is 7.20. The monoisotopic (exact) mass is 732 g/mol. The van der Waals surface area contributed by atoms with E-state index in [2.05, 4.69) is 219 Å². The standard InChI is InChI=1S/C51H40B2N3O/c1-33-16-12-22-38(30-33)54(36-18-6-4-7-19-36)42-26-14-27-43-49(42)52-48-35(3)50-47(32-45(48)55(43)37-20-8-5-9-21-37)57-46-29-15-28-44-51(46)53(50)40-24-10-11-25-41(40)56(44)39-23-13-17-34(2)31-39/h4-32,47,50H,1-3H3. The summed E-state index contributed by atoms with van der Waals surface area (Å²) in [7, 11) is 2.46. The molecule has 11 rings (SSSR count). The van der Waals surface area contributed by atoms with Gasteiger partial charge in [0.2, 0.25) is 6.71 Å². The fourth-order valence-corrected chi connectivity index (χ4v) is 9.83. The Morgan fingerprint density at radius 1 is 0.579 bits per heavy atom. The molecule has 0 saturated carbocycles. The number of allylic oxidation sites excluding steroid dienone is 1. The van der Waals surface area contributed by atoms with E-state index in [0.717, 1.165) is 45.6 Å². The van der Waals surface area contributed by atoms with Gasteiger partial charge in [-0.05, 0) is 133 Å². The summed E-state index contributed by atoms with van der Waals surface area (Å²) in [6.07, 6.45) is 2.25. The van der Waals surface area contributed by atoms with Crippen LogP contribution in [0.2, 0.25) is 5.82 Å². The molecule has 2 atom stereocenters. The number of hydrogen-bond acceptors (Lipinski definition) is 4. The average molecular weight is 733 g/mol. The van der Waals surface area contributed by atoms with Gasteiger partial charge in [-0.25, -0.2) is 0 Å². The minimum absolute atomic E-state index is 0.0859. The van der Waals surface area contributed by atoms with Crippen LogP contribution in [0.5, 0.6) is 5.75 Å². The third-order valence-electron chi connectivity index (χ3n) is 12.2. The molecule has 271 valence electrons. The van der Waals surface area contributed by atoms with E-state index in [9.17, 15) is 0 Å². The first-order valence-corrected chi connectivity index (χ1v) is 20.0. The molecule has 3 aliphatic heterocycles. The van der Waals surface area contributed by atoms with Gasteiger partial charge in [0, 0.05) is 57.0 Å². The number of aryl methyl sites for hydroxylation is 2. The first-order valence-electron chi connectivity index (χ1n) is 20.0. The van der Waals surface area contributed by atoms with E-state index in [4.69, 9.17) is 4.74 Å². The molecule has 0 amide bonds. The summed E-state index contributed by atoms with van der Waals surface area (Å²) in [6.45, 7) is 6.80. The number of hydrogen-bond donors (Lipinski definition) is 0. The molecule has 1 aliphatic carbocycles. The van der Waals surface area contributed by atoms with E-state index < -0.39 is 0 Å². The molecule has 0 bridgehead atoms. The van der Waals surface area contributed by atoms with Crippen molar-refractivity contribution in [3.05, 3.63) is 204 Å². The van der Waals surface area contributed by atoms with Crippen LogP contribution in [0.1, 0.15) is 18.1 Å². The van der Waals surface area contributed by atoms with E-state index in [1.54, 1.807) is 0 Å². The molecule has 4 aliphatic rings. The Balaban J connectivity index is 1.13. The maximum atomic E-state index is 7.20. The van der Waals surface area contributed by atoms with Crippen molar-refractivity contribution in [2.75, 3.05) is 14.7 Å². The van der Waals surface area contributed by atoms with E-state index in [1.807, 2.05) is 0 Å². The minimum atomic E-state index is -0.160. The lowest BCUT2D eigenvalue weighted by Crippen LogP contribution is -2.60. The van der Waals surface area contributed by atoms with Crippen LogP contribution in [0.4, 0.5) is 45.5 Å². The molecule has 0 fully saturated rings. The highest BCUT2D eigenvalue weighted by atomic mass is 16.5. The van der Waals surface area contributed by atoms with Crippen molar-refractivity contribution in [2.24, 2.45) is 0 Å². The topological polar surface area (TPSA) is 19.0 Å². The lowest BCUT2D eigenvalue weighted by Gasteiger charge is -2.49. The van der Waals surface area contributed by atoms with Gasteiger partial charge in [-0.2, -0.15) is 0 Å². The van der Waals surface area contributed by atoms with Gasteiger partial charge >= 0.3 is 0 Å². The lowest BCUT2D eigenvalue weighted by atomic mass is 9.28. The normalized spacial score (nSPS) is 17.2. The van der Waals surface area contributed by atoms with E-state index in [-0.39, 0.29) is 18.6 Å². The zero-order chi connectivity index (χ0) is 38.2. The second-order valence-electron chi connectivity index (χ2n) is 15.7. The molecular weight excluding hydrogens is 692 g/mol. The molecule has 1 radical (unpaired) electrons. The zero-order valence-electron chi connectivity index (χ0n) is 32.3. The molecule has 3 heterocycles. The molecule has 7 aromatic carbocycles. The highest BCUT2D eigenvalue weighted by Gasteiger charge is 2.51. The van der Waals surface area contributed by atoms with Crippen molar-refractivity contribution in [3.8, 4) is 5.75 Å². The predicted molar refractivity (Wildman–Crippen MR) is 240 cm³/mol. The molecule has 7 aromatic rings. The Morgan fingerprint density at radius 2 is 1.23 bits per heavy atom.